The summed E-state index contributed by atoms with van der Waals surface area (Å²) in [5.74, 6) is -0.158. The summed E-state index contributed by atoms with van der Waals surface area (Å²) in [5, 5.41) is 1.89. The molecule has 7 heteroatoms. The Balaban J connectivity index is 1.88. The minimum atomic E-state index is -0.204. The topological polar surface area (TPSA) is 31.2 Å². The summed E-state index contributed by atoms with van der Waals surface area (Å²) in [7, 11) is 0. The molecule has 0 N–H and O–H groups in total. The lowest BCUT2D eigenvalue weighted by Crippen LogP contribution is -2.08. The third-order valence-corrected chi connectivity index (χ3v) is 7.22. The average Bonchev–Trinajstić information content (AvgIpc) is 3.17. The highest BCUT2D eigenvalue weighted by Crippen LogP contribution is 2.48. The molecule has 0 spiro atoms. The maximum absolute atomic E-state index is 12.0. The molecule has 0 fully saturated rings. The van der Waals surface area contributed by atoms with Crippen LogP contribution in [0.15, 0.2) is 50.7 Å². The fraction of sp³-hybridized carbons (Fsp3) is 0.250. The van der Waals surface area contributed by atoms with Crippen molar-refractivity contribution in [2.75, 3.05) is 0 Å². The first-order chi connectivity index (χ1) is 13.0. The summed E-state index contributed by atoms with van der Waals surface area (Å²) in [4.78, 5) is 14.2. The molecule has 2 heterocycles. The number of hydrogen-bond acceptors (Lipinski definition) is 3. The van der Waals surface area contributed by atoms with Crippen molar-refractivity contribution in [2.24, 2.45) is 0 Å². The van der Waals surface area contributed by atoms with Gasteiger partial charge in [0.15, 0.2) is 0 Å². The van der Waals surface area contributed by atoms with Crippen LogP contribution < -0.4 is 0 Å². The number of benzene rings is 2. The van der Waals surface area contributed by atoms with E-state index in [0.717, 1.165) is 37.9 Å². The van der Waals surface area contributed by atoms with Gasteiger partial charge in [-0.15, -0.1) is 0 Å². The quantitative estimate of drug-likeness (QED) is 0.243. The van der Waals surface area contributed by atoms with Crippen molar-refractivity contribution in [1.29, 1.82) is 0 Å². The van der Waals surface area contributed by atoms with Crippen LogP contribution in [0.25, 0.3) is 10.9 Å². The number of aryl methyl sites for hydroxylation is 1. The Morgan fingerprint density at radius 1 is 1.37 bits per heavy atom. The molecule has 3 nitrogen and oxygen atoms in total. The molecular weight excluding hydrogens is 561 g/mol. The van der Waals surface area contributed by atoms with E-state index in [1.807, 2.05) is 31.2 Å². The van der Waals surface area contributed by atoms with Crippen LogP contribution in [0.5, 0.6) is 0 Å². The van der Waals surface area contributed by atoms with E-state index in [-0.39, 0.29) is 12.1 Å². The number of aromatic nitrogens is 1. The van der Waals surface area contributed by atoms with Crippen LogP contribution in [0, 0.1) is 3.57 Å². The molecule has 0 radical (unpaired) electrons. The van der Waals surface area contributed by atoms with Crippen LogP contribution in [0.1, 0.15) is 31.6 Å². The van der Waals surface area contributed by atoms with E-state index in [1.165, 1.54) is 14.5 Å². The van der Waals surface area contributed by atoms with Crippen molar-refractivity contribution >= 4 is 78.8 Å². The molecule has 1 unspecified atom stereocenters. The fourth-order valence-corrected chi connectivity index (χ4v) is 6.51. The maximum atomic E-state index is 12.0. The number of ether oxygens (including phenoxy) is 1. The largest absolute Gasteiger partial charge is 0.456 e. The van der Waals surface area contributed by atoms with Gasteiger partial charge in [-0.2, -0.15) is 0 Å². The SMILES string of the molecule is CCC(=O)OC1CCn2c1c(Sc1ccc(Cl)cc1)c1c(Br)cc(I)cc12. The van der Waals surface area contributed by atoms with Gasteiger partial charge < -0.3 is 9.30 Å². The Morgan fingerprint density at radius 3 is 2.81 bits per heavy atom. The van der Waals surface area contributed by atoms with Crippen molar-refractivity contribution in [3.8, 4) is 0 Å². The molecule has 3 aromatic rings. The van der Waals surface area contributed by atoms with Gasteiger partial charge in [-0.05, 0) is 59.0 Å². The first-order valence-corrected chi connectivity index (χ1v) is 11.7. The molecule has 140 valence electrons. The number of hydrogen-bond donors (Lipinski definition) is 0. The van der Waals surface area contributed by atoms with Crippen molar-refractivity contribution in [2.45, 2.75) is 42.2 Å². The van der Waals surface area contributed by atoms with Gasteiger partial charge in [-0.25, -0.2) is 0 Å². The predicted octanol–water partition coefficient (Wildman–Crippen LogP) is 7.21. The van der Waals surface area contributed by atoms with Crippen LogP contribution in [0.3, 0.4) is 0 Å². The van der Waals surface area contributed by atoms with Gasteiger partial charge in [0.2, 0.25) is 0 Å². The van der Waals surface area contributed by atoms with Gasteiger partial charge in [-0.1, -0.05) is 46.2 Å². The van der Waals surface area contributed by atoms with Crippen LogP contribution >= 0.6 is 61.9 Å². The second kappa shape index (κ2) is 7.97. The zero-order valence-corrected chi connectivity index (χ0v) is 19.8. The van der Waals surface area contributed by atoms with Crippen molar-refractivity contribution in [3.05, 3.63) is 55.2 Å². The molecule has 4 rings (SSSR count). The third kappa shape index (κ3) is 3.78. The Hall–Kier alpha value is -0.700. The zero-order valence-electron chi connectivity index (χ0n) is 14.5. The van der Waals surface area contributed by atoms with Gasteiger partial charge in [0, 0.05) is 47.6 Å². The average molecular weight is 577 g/mol. The van der Waals surface area contributed by atoms with Gasteiger partial charge in [-0.3, -0.25) is 4.79 Å². The highest BCUT2D eigenvalue weighted by molar-refractivity contribution is 14.1. The molecule has 0 saturated carbocycles. The minimum absolute atomic E-state index is 0.158. The lowest BCUT2D eigenvalue weighted by molar-refractivity contribution is -0.149. The van der Waals surface area contributed by atoms with E-state index >= 15 is 0 Å². The molecular formula is C20H16BrClINO2S. The summed E-state index contributed by atoms with van der Waals surface area (Å²) >= 11 is 13.8. The summed E-state index contributed by atoms with van der Waals surface area (Å²) in [6.07, 6.45) is 0.996. The number of halogens is 3. The van der Waals surface area contributed by atoms with E-state index in [0.29, 0.717) is 6.42 Å². The summed E-state index contributed by atoms with van der Waals surface area (Å²) in [5.41, 5.74) is 2.27. The highest BCUT2D eigenvalue weighted by atomic mass is 127. The summed E-state index contributed by atoms with van der Waals surface area (Å²) < 4.78 is 10.3. The molecule has 1 aliphatic rings. The number of fused-ring (bicyclic) bond motifs is 3. The third-order valence-electron chi connectivity index (χ3n) is 4.59. The van der Waals surface area contributed by atoms with Crippen molar-refractivity contribution in [1.82, 2.24) is 4.57 Å². The van der Waals surface area contributed by atoms with E-state index in [2.05, 4.69) is 55.2 Å². The van der Waals surface area contributed by atoms with Gasteiger partial charge >= 0.3 is 5.97 Å². The van der Waals surface area contributed by atoms with E-state index in [4.69, 9.17) is 16.3 Å². The first-order valence-electron chi connectivity index (χ1n) is 8.62. The number of carbonyl (C=O) groups excluding carboxylic acids is 1. The van der Waals surface area contributed by atoms with Crippen LogP contribution in [0.2, 0.25) is 5.02 Å². The first kappa shape index (κ1) is 19.6. The molecule has 0 aliphatic carbocycles. The maximum Gasteiger partial charge on any atom is 0.306 e. The van der Waals surface area contributed by atoms with Gasteiger partial charge in [0.25, 0.3) is 0 Å². The number of carbonyl (C=O) groups is 1. The molecule has 2 aromatic carbocycles. The number of nitrogens with zero attached hydrogens (tertiary/aromatic N) is 1. The highest BCUT2D eigenvalue weighted by Gasteiger charge is 2.33. The van der Waals surface area contributed by atoms with E-state index in [1.54, 1.807) is 11.8 Å². The lowest BCUT2D eigenvalue weighted by atomic mass is 10.2. The molecule has 1 aromatic heterocycles. The summed E-state index contributed by atoms with van der Waals surface area (Å²) in [6.45, 7) is 2.68. The van der Waals surface area contributed by atoms with Crippen molar-refractivity contribution < 1.29 is 9.53 Å². The minimum Gasteiger partial charge on any atom is -0.456 e. The predicted molar refractivity (Wildman–Crippen MR) is 122 cm³/mol. The smallest absolute Gasteiger partial charge is 0.306 e. The van der Waals surface area contributed by atoms with Gasteiger partial charge in [0.1, 0.15) is 6.10 Å². The molecule has 0 saturated heterocycles. The monoisotopic (exact) mass is 575 g/mol. The fourth-order valence-electron chi connectivity index (χ4n) is 3.40. The number of esters is 1. The second-order valence-electron chi connectivity index (χ2n) is 6.32. The van der Waals surface area contributed by atoms with Crippen LogP contribution in [-0.2, 0) is 16.1 Å². The van der Waals surface area contributed by atoms with E-state index < -0.39 is 0 Å². The van der Waals surface area contributed by atoms with Crippen molar-refractivity contribution in [3.63, 3.8) is 0 Å². The standard InChI is InChI=1S/C20H16BrClINO2S/c1-2-17(25)26-16-7-8-24-15-10-12(23)9-14(21)18(15)20(19(16)24)27-13-5-3-11(22)4-6-13/h3-6,9-10,16H,2,7-8H2,1H3. The lowest BCUT2D eigenvalue weighted by Gasteiger charge is -2.13. The molecule has 27 heavy (non-hydrogen) atoms. The Morgan fingerprint density at radius 2 is 2.11 bits per heavy atom. The molecule has 0 amide bonds. The number of rotatable bonds is 4. The van der Waals surface area contributed by atoms with Crippen LogP contribution in [0.4, 0.5) is 0 Å². The Kier molecular flexibility index (Phi) is 5.79. The molecule has 0 bridgehead atoms. The zero-order chi connectivity index (χ0) is 19.1. The Labute approximate surface area is 189 Å². The summed E-state index contributed by atoms with van der Waals surface area (Å²) in [6, 6.07) is 12.2. The Bertz CT molecular complexity index is 1030. The van der Waals surface area contributed by atoms with Crippen LogP contribution in [-0.4, -0.2) is 10.5 Å². The normalized spacial score (nSPS) is 15.9. The second-order valence-corrected chi connectivity index (χ2v) is 9.94. The van der Waals surface area contributed by atoms with E-state index in [9.17, 15) is 4.79 Å². The molecule has 1 atom stereocenters. The van der Waals surface area contributed by atoms with Gasteiger partial charge in [0.05, 0.1) is 11.2 Å². The molecule has 1 aliphatic heterocycles.